The van der Waals surface area contributed by atoms with Crippen molar-refractivity contribution in [2.75, 3.05) is 19.7 Å². The fraction of sp³-hybridized carbons (Fsp3) is 0.400. The van der Waals surface area contributed by atoms with E-state index in [-0.39, 0.29) is 6.61 Å². The van der Waals surface area contributed by atoms with Gasteiger partial charge >= 0.3 is 0 Å². The van der Waals surface area contributed by atoms with Crippen LogP contribution in [-0.2, 0) is 0 Å². The molecule has 1 aromatic rings. The zero-order valence-corrected chi connectivity index (χ0v) is 9.59. The predicted molar refractivity (Wildman–Crippen MR) is 61.4 cm³/mol. The number of hydrogen-bond donors (Lipinski definition) is 3. The second kappa shape index (κ2) is 6.30. The number of benzene rings is 1. The van der Waals surface area contributed by atoms with Crippen molar-refractivity contribution in [2.24, 2.45) is 0 Å². The Balaban J connectivity index is 2.64. The molecule has 0 amide bonds. The third-order valence-electron chi connectivity index (χ3n) is 1.94. The summed E-state index contributed by atoms with van der Waals surface area (Å²) in [5.74, 6) is 0. The summed E-state index contributed by atoms with van der Waals surface area (Å²) in [5.41, 5.74) is 0.592. The van der Waals surface area contributed by atoms with Crippen LogP contribution in [-0.4, -0.2) is 29.9 Å². The molecule has 5 heteroatoms. The monoisotopic (exact) mass is 249 g/mol. The van der Waals surface area contributed by atoms with E-state index in [0.29, 0.717) is 28.7 Å². The molecule has 0 aliphatic rings. The molecule has 3 nitrogen and oxygen atoms in total. The summed E-state index contributed by atoms with van der Waals surface area (Å²) in [5, 5.41) is 22.2. The van der Waals surface area contributed by atoms with E-state index < -0.39 is 6.10 Å². The SMILES string of the molecule is OCCNCC(O)c1cc(Cl)ccc1Cl. The molecule has 0 bridgehead atoms. The second-order valence-corrected chi connectivity index (χ2v) is 3.95. The van der Waals surface area contributed by atoms with Crippen LogP contribution in [0, 0.1) is 0 Å². The Kier molecular flexibility index (Phi) is 5.36. The largest absolute Gasteiger partial charge is 0.395 e. The highest BCUT2D eigenvalue weighted by molar-refractivity contribution is 6.33. The highest BCUT2D eigenvalue weighted by atomic mass is 35.5. The van der Waals surface area contributed by atoms with Crippen LogP contribution in [0.3, 0.4) is 0 Å². The fourth-order valence-electron chi connectivity index (χ4n) is 1.20. The summed E-state index contributed by atoms with van der Waals surface area (Å²) >= 11 is 11.7. The summed E-state index contributed by atoms with van der Waals surface area (Å²) in [6, 6.07) is 4.95. The molecule has 1 unspecified atom stereocenters. The molecule has 0 aliphatic carbocycles. The lowest BCUT2D eigenvalue weighted by molar-refractivity contribution is 0.171. The van der Waals surface area contributed by atoms with Gasteiger partial charge in [-0.3, -0.25) is 0 Å². The van der Waals surface area contributed by atoms with Gasteiger partial charge in [0.15, 0.2) is 0 Å². The van der Waals surface area contributed by atoms with Crippen LogP contribution in [0.2, 0.25) is 10.0 Å². The quantitative estimate of drug-likeness (QED) is 0.696. The molecule has 0 spiro atoms. The van der Waals surface area contributed by atoms with Gasteiger partial charge in [0, 0.05) is 28.7 Å². The van der Waals surface area contributed by atoms with Crippen LogP contribution in [0.5, 0.6) is 0 Å². The maximum absolute atomic E-state index is 9.77. The summed E-state index contributed by atoms with van der Waals surface area (Å²) < 4.78 is 0. The van der Waals surface area contributed by atoms with Gasteiger partial charge in [0.1, 0.15) is 0 Å². The molecule has 1 rings (SSSR count). The van der Waals surface area contributed by atoms with Crippen molar-refractivity contribution in [3.8, 4) is 0 Å². The minimum absolute atomic E-state index is 0.0377. The highest BCUT2D eigenvalue weighted by Crippen LogP contribution is 2.25. The minimum atomic E-state index is -0.720. The molecule has 3 N–H and O–H groups in total. The molecular formula is C10H13Cl2NO2. The maximum atomic E-state index is 9.77. The standard InChI is InChI=1S/C10H13Cl2NO2/c11-7-1-2-9(12)8(5-7)10(15)6-13-3-4-14/h1-2,5,10,13-15H,3-4,6H2. The topological polar surface area (TPSA) is 52.5 Å². The molecule has 0 radical (unpaired) electrons. The van der Waals surface area contributed by atoms with Crippen molar-refractivity contribution in [3.63, 3.8) is 0 Å². The molecule has 15 heavy (non-hydrogen) atoms. The Morgan fingerprint density at radius 3 is 2.73 bits per heavy atom. The number of aliphatic hydroxyl groups is 2. The molecule has 0 aliphatic heterocycles. The average Bonchev–Trinajstić information content (AvgIpc) is 2.22. The lowest BCUT2D eigenvalue weighted by atomic mass is 10.1. The summed E-state index contributed by atoms with van der Waals surface area (Å²) in [4.78, 5) is 0. The molecule has 0 saturated carbocycles. The Labute approximate surface area is 98.6 Å². The maximum Gasteiger partial charge on any atom is 0.0929 e. The first-order valence-corrected chi connectivity index (χ1v) is 5.35. The molecule has 0 heterocycles. The average molecular weight is 250 g/mol. The van der Waals surface area contributed by atoms with Crippen molar-refractivity contribution in [1.82, 2.24) is 5.32 Å². The number of rotatable bonds is 5. The van der Waals surface area contributed by atoms with E-state index in [4.69, 9.17) is 28.3 Å². The van der Waals surface area contributed by atoms with Crippen LogP contribution >= 0.6 is 23.2 Å². The van der Waals surface area contributed by atoms with Crippen molar-refractivity contribution in [2.45, 2.75) is 6.10 Å². The zero-order valence-electron chi connectivity index (χ0n) is 8.08. The van der Waals surface area contributed by atoms with Gasteiger partial charge in [0.2, 0.25) is 0 Å². The van der Waals surface area contributed by atoms with E-state index in [1.165, 1.54) is 0 Å². The smallest absolute Gasteiger partial charge is 0.0929 e. The van der Waals surface area contributed by atoms with Crippen molar-refractivity contribution >= 4 is 23.2 Å². The van der Waals surface area contributed by atoms with Gasteiger partial charge in [0.25, 0.3) is 0 Å². The Hall–Kier alpha value is -0.320. The van der Waals surface area contributed by atoms with E-state index in [9.17, 15) is 5.11 Å². The van der Waals surface area contributed by atoms with Gasteiger partial charge in [-0.25, -0.2) is 0 Å². The van der Waals surface area contributed by atoms with Gasteiger partial charge in [-0.15, -0.1) is 0 Å². The van der Waals surface area contributed by atoms with Gasteiger partial charge in [0.05, 0.1) is 12.7 Å². The number of hydrogen-bond acceptors (Lipinski definition) is 3. The zero-order chi connectivity index (χ0) is 11.3. The Morgan fingerprint density at radius 1 is 1.33 bits per heavy atom. The van der Waals surface area contributed by atoms with Crippen molar-refractivity contribution in [3.05, 3.63) is 33.8 Å². The van der Waals surface area contributed by atoms with Crippen LogP contribution in [0.4, 0.5) is 0 Å². The third kappa shape index (κ3) is 3.97. The first-order chi connectivity index (χ1) is 7.15. The van der Waals surface area contributed by atoms with Crippen LogP contribution in [0.25, 0.3) is 0 Å². The van der Waals surface area contributed by atoms with Crippen molar-refractivity contribution in [1.29, 1.82) is 0 Å². The second-order valence-electron chi connectivity index (χ2n) is 3.11. The van der Waals surface area contributed by atoms with E-state index in [0.717, 1.165) is 0 Å². The molecule has 1 aromatic carbocycles. The van der Waals surface area contributed by atoms with E-state index in [2.05, 4.69) is 5.32 Å². The Morgan fingerprint density at radius 2 is 2.07 bits per heavy atom. The fourth-order valence-corrected chi connectivity index (χ4v) is 1.62. The number of halogens is 2. The summed E-state index contributed by atoms with van der Waals surface area (Å²) in [7, 11) is 0. The predicted octanol–water partition coefficient (Wildman–Crippen LogP) is 1.61. The van der Waals surface area contributed by atoms with E-state index in [1.807, 2.05) is 0 Å². The van der Waals surface area contributed by atoms with Gasteiger partial charge in [-0.05, 0) is 18.2 Å². The molecule has 0 aromatic heterocycles. The molecule has 84 valence electrons. The van der Waals surface area contributed by atoms with E-state index in [1.54, 1.807) is 18.2 Å². The van der Waals surface area contributed by atoms with E-state index >= 15 is 0 Å². The minimum Gasteiger partial charge on any atom is -0.395 e. The van der Waals surface area contributed by atoms with Gasteiger partial charge < -0.3 is 15.5 Å². The summed E-state index contributed by atoms with van der Waals surface area (Å²) in [6.07, 6.45) is -0.720. The Bertz CT molecular complexity index is 320. The van der Waals surface area contributed by atoms with Crippen LogP contribution < -0.4 is 5.32 Å². The molecule has 0 saturated heterocycles. The van der Waals surface area contributed by atoms with Crippen molar-refractivity contribution < 1.29 is 10.2 Å². The number of aliphatic hydroxyl groups excluding tert-OH is 2. The summed E-state index contributed by atoms with van der Waals surface area (Å²) in [6.45, 7) is 0.811. The lowest BCUT2D eigenvalue weighted by Gasteiger charge is -2.13. The molecule has 1 atom stereocenters. The lowest BCUT2D eigenvalue weighted by Crippen LogP contribution is -2.24. The normalized spacial score (nSPS) is 12.8. The third-order valence-corrected chi connectivity index (χ3v) is 2.52. The first-order valence-electron chi connectivity index (χ1n) is 4.59. The van der Waals surface area contributed by atoms with Gasteiger partial charge in [-0.2, -0.15) is 0 Å². The molecular weight excluding hydrogens is 237 g/mol. The van der Waals surface area contributed by atoms with Crippen LogP contribution in [0.1, 0.15) is 11.7 Å². The first kappa shape index (κ1) is 12.7. The van der Waals surface area contributed by atoms with Gasteiger partial charge in [-0.1, -0.05) is 23.2 Å². The number of nitrogens with one attached hydrogen (secondary N) is 1. The van der Waals surface area contributed by atoms with Crippen LogP contribution in [0.15, 0.2) is 18.2 Å². The molecule has 0 fully saturated rings. The highest BCUT2D eigenvalue weighted by Gasteiger charge is 2.11.